The van der Waals surface area contributed by atoms with Crippen molar-refractivity contribution in [2.75, 3.05) is 13.3 Å². The zero-order chi connectivity index (χ0) is 8.60. The topological polar surface area (TPSA) is 67.8 Å². The van der Waals surface area contributed by atoms with Crippen LogP contribution in [0.4, 0.5) is 0 Å². The minimum atomic E-state index is -1.21. The Morgan fingerprint density at radius 1 is 1.75 bits per heavy atom. The summed E-state index contributed by atoms with van der Waals surface area (Å²) in [6, 6.07) is -0.278. The first kappa shape index (κ1) is 7.57. The van der Waals surface area contributed by atoms with E-state index >= 15 is 0 Å². The highest BCUT2D eigenvalue weighted by atomic mass is 16.6. The van der Waals surface area contributed by atoms with Crippen molar-refractivity contribution < 1.29 is 19.4 Å². The molecule has 2 unspecified atom stereocenters. The summed E-state index contributed by atoms with van der Waals surface area (Å²) in [6.45, 7) is 0.591. The minimum absolute atomic E-state index is 0.255. The Labute approximate surface area is 69.0 Å². The molecular formula is C7H9NO4. The largest absolute Gasteiger partial charge is 0.500 e. The van der Waals surface area contributed by atoms with Crippen LogP contribution in [0.5, 0.6) is 0 Å². The Morgan fingerprint density at radius 2 is 2.58 bits per heavy atom. The van der Waals surface area contributed by atoms with Crippen molar-refractivity contribution in [2.45, 2.75) is 11.6 Å². The molecule has 12 heavy (non-hydrogen) atoms. The van der Waals surface area contributed by atoms with E-state index in [0.29, 0.717) is 6.61 Å². The van der Waals surface area contributed by atoms with E-state index in [9.17, 15) is 4.79 Å². The highest BCUT2D eigenvalue weighted by Gasteiger charge is 2.51. The Hall–Kier alpha value is -1.07. The number of hydrogen-bond acceptors (Lipinski definition) is 4. The lowest BCUT2D eigenvalue weighted by molar-refractivity contribution is -0.157. The van der Waals surface area contributed by atoms with Crippen LogP contribution in [-0.2, 0) is 14.3 Å². The number of carboxylic acid groups (broad SMARTS) is 1. The molecule has 2 N–H and O–H groups in total. The average Bonchev–Trinajstić information content (AvgIpc) is 2.48. The molecule has 0 aromatic carbocycles. The lowest BCUT2D eigenvalue weighted by Crippen LogP contribution is -2.52. The van der Waals surface area contributed by atoms with Crippen molar-refractivity contribution in [3.05, 3.63) is 12.3 Å². The van der Waals surface area contributed by atoms with E-state index in [1.165, 1.54) is 12.3 Å². The number of ether oxygens (including phenoxy) is 2. The van der Waals surface area contributed by atoms with Crippen LogP contribution in [0.2, 0.25) is 0 Å². The van der Waals surface area contributed by atoms with E-state index in [1.54, 1.807) is 0 Å². The molecule has 0 spiro atoms. The van der Waals surface area contributed by atoms with Crippen molar-refractivity contribution in [1.82, 2.24) is 5.32 Å². The number of nitrogens with one attached hydrogen (secondary N) is 1. The molecule has 66 valence electrons. The highest BCUT2D eigenvalue weighted by Crippen LogP contribution is 2.26. The summed E-state index contributed by atoms with van der Waals surface area (Å²) in [5, 5.41) is 11.8. The maximum absolute atomic E-state index is 10.9. The maximum Gasteiger partial charge on any atom is 0.342 e. The third kappa shape index (κ3) is 0.835. The van der Waals surface area contributed by atoms with Gasteiger partial charge in [0.2, 0.25) is 5.60 Å². The summed E-state index contributed by atoms with van der Waals surface area (Å²) >= 11 is 0. The monoisotopic (exact) mass is 171 g/mol. The van der Waals surface area contributed by atoms with E-state index in [0.717, 1.165) is 0 Å². The van der Waals surface area contributed by atoms with E-state index in [1.807, 2.05) is 0 Å². The maximum atomic E-state index is 10.9. The van der Waals surface area contributed by atoms with Crippen LogP contribution in [0.3, 0.4) is 0 Å². The van der Waals surface area contributed by atoms with Crippen molar-refractivity contribution in [1.29, 1.82) is 0 Å². The smallest absolute Gasteiger partial charge is 0.342 e. The molecule has 2 aliphatic heterocycles. The molecule has 0 aliphatic carbocycles. The highest BCUT2D eigenvalue weighted by molar-refractivity contribution is 5.82. The van der Waals surface area contributed by atoms with Crippen molar-refractivity contribution in [2.24, 2.45) is 0 Å². The van der Waals surface area contributed by atoms with Crippen LogP contribution in [-0.4, -0.2) is 36.1 Å². The average molecular weight is 171 g/mol. The van der Waals surface area contributed by atoms with Gasteiger partial charge < -0.3 is 14.6 Å². The first-order valence-electron chi connectivity index (χ1n) is 3.66. The van der Waals surface area contributed by atoms with Crippen molar-refractivity contribution >= 4 is 5.97 Å². The van der Waals surface area contributed by atoms with Gasteiger partial charge >= 0.3 is 5.97 Å². The number of carboxylic acids is 1. The molecule has 1 fully saturated rings. The summed E-state index contributed by atoms with van der Waals surface area (Å²) in [5.41, 5.74) is -1.21. The van der Waals surface area contributed by atoms with Crippen LogP contribution < -0.4 is 5.32 Å². The number of fused-ring (bicyclic) bond motifs is 1. The molecule has 0 aromatic heterocycles. The lowest BCUT2D eigenvalue weighted by Gasteiger charge is -2.28. The second kappa shape index (κ2) is 2.46. The van der Waals surface area contributed by atoms with E-state index in [-0.39, 0.29) is 12.8 Å². The number of rotatable bonds is 1. The molecule has 2 rings (SSSR count). The lowest BCUT2D eigenvalue weighted by atomic mass is 9.94. The van der Waals surface area contributed by atoms with Gasteiger partial charge in [0, 0.05) is 0 Å². The fraction of sp³-hybridized carbons (Fsp3) is 0.571. The van der Waals surface area contributed by atoms with Gasteiger partial charge in [-0.2, -0.15) is 0 Å². The zero-order valence-electron chi connectivity index (χ0n) is 6.32. The number of aliphatic carboxylic acids is 1. The van der Waals surface area contributed by atoms with Crippen LogP contribution >= 0.6 is 0 Å². The predicted molar refractivity (Wildman–Crippen MR) is 38.3 cm³/mol. The van der Waals surface area contributed by atoms with Gasteiger partial charge in [-0.1, -0.05) is 0 Å². The van der Waals surface area contributed by atoms with Gasteiger partial charge in [0.05, 0.1) is 19.0 Å². The molecular weight excluding hydrogens is 162 g/mol. The Balaban J connectivity index is 2.34. The molecule has 5 heteroatoms. The molecule has 0 saturated carbocycles. The Morgan fingerprint density at radius 3 is 3.25 bits per heavy atom. The van der Waals surface area contributed by atoms with Gasteiger partial charge in [0.15, 0.2) is 0 Å². The minimum Gasteiger partial charge on any atom is -0.500 e. The summed E-state index contributed by atoms with van der Waals surface area (Å²) < 4.78 is 10.1. The number of hydrogen-bond donors (Lipinski definition) is 2. The normalized spacial score (nSPS) is 38.8. The SMILES string of the molecule is O=C(O)C12C=COCC1NCO2. The summed E-state index contributed by atoms with van der Waals surface area (Å²) in [7, 11) is 0. The molecule has 0 aromatic rings. The molecule has 2 atom stereocenters. The fourth-order valence-corrected chi connectivity index (χ4v) is 1.44. The Bertz CT molecular complexity index is 240. The van der Waals surface area contributed by atoms with Gasteiger partial charge in [0.25, 0.3) is 0 Å². The van der Waals surface area contributed by atoms with Gasteiger partial charge in [-0.05, 0) is 6.08 Å². The molecule has 2 aliphatic rings. The summed E-state index contributed by atoms with van der Waals surface area (Å²) in [5.74, 6) is -0.975. The van der Waals surface area contributed by atoms with Gasteiger partial charge in [-0.25, -0.2) is 4.79 Å². The molecule has 0 amide bonds. The molecule has 0 radical (unpaired) electrons. The van der Waals surface area contributed by atoms with Gasteiger partial charge in [-0.3, -0.25) is 5.32 Å². The second-order valence-electron chi connectivity index (χ2n) is 2.78. The fourth-order valence-electron chi connectivity index (χ4n) is 1.44. The van der Waals surface area contributed by atoms with Crippen LogP contribution in [0.25, 0.3) is 0 Å². The summed E-state index contributed by atoms with van der Waals surface area (Å²) in [4.78, 5) is 10.9. The molecule has 0 bridgehead atoms. The van der Waals surface area contributed by atoms with E-state index in [2.05, 4.69) is 5.32 Å². The molecule has 5 nitrogen and oxygen atoms in total. The van der Waals surface area contributed by atoms with Crippen LogP contribution in [0.15, 0.2) is 12.3 Å². The first-order chi connectivity index (χ1) is 5.76. The third-order valence-corrected chi connectivity index (χ3v) is 2.17. The standard InChI is InChI=1S/C7H9NO4/c9-6(10)7-1-2-11-3-5(7)8-4-12-7/h1-2,5,8H,3-4H2,(H,9,10). The van der Waals surface area contributed by atoms with E-state index in [4.69, 9.17) is 14.6 Å². The Kier molecular flexibility index (Phi) is 1.55. The van der Waals surface area contributed by atoms with Crippen molar-refractivity contribution in [3.63, 3.8) is 0 Å². The van der Waals surface area contributed by atoms with Gasteiger partial charge in [0.1, 0.15) is 6.61 Å². The van der Waals surface area contributed by atoms with E-state index < -0.39 is 11.6 Å². The predicted octanol–water partition coefficient (Wildman–Crippen LogP) is -0.700. The zero-order valence-corrected chi connectivity index (χ0v) is 6.32. The number of carbonyl (C=O) groups is 1. The van der Waals surface area contributed by atoms with Crippen molar-refractivity contribution in [3.8, 4) is 0 Å². The quantitative estimate of drug-likeness (QED) is 0.546. The first-order valence-corrected chi connectivity index (χ1v) is 3.66. The second-order valence-corrected chi connectivity index (χ2v) is 2.78. The molecule has 2 heterocycles. The van der Waals surface area contributed by atoms with Gasteiger partial charge in [-0.15, -0.1) is 0 Å². The third-order valence-electron chi connectivity index (χ3n) is 2.17. The van der Waals surface area contributed by atoms with Crippen LogP contribution in [0.1, 0.15) is 0 Å². The molecule has 1 saturated heterocycles. The summed E-state index contributed by atoms with van der Waals surface area (Å²) in [6.07, 6.45) is 2.81. The van der Waals surface area contributed by atoms with Crippen LogP contribution in [0, 0.1) is 0 Å².